The van der Waals surface area contributed by atoms with Crippen molar-refractivity contribution in [2.45, 2.75) is 6.54 Å². The van der Waals surface area contributed by atoms with Gasteiger partial charge < -0.3 is 24.8 Å². The van der Waals surface area contributed by atoms with Crippen LogP contribution in [0.15, 0.2) is 48.5 Å². The van der Waals surface area contributed by atoms with E-state index in [9.17, 15) is 14.7 Å². The molecule has 2 N–H and O–H groups in total. The molecule has 0 spiro atoms. The Balaban J connectivity index is 2.12. The van der Waals surface area contributed by atoms with E-state index in [0.29, 0.717) is 17.2 Å². The summed E-state index contributed by atoms with van der Waals surface area (Å²) in [6, 6.07) is 14.1. The van der Waals surface area contributed by atoms with E-state index in [0.717, 1.165) is 5.56 Å². The lowest BCUT2D eigenvalue weighted by atomic mass is 10.2. The van der Waals surface area contributed by atoms with Crippen LogP contribution in [0.1, 0.15) is 5.56 Å². The monoisotopic (exact) mass is 358 g/mol. The van der Waals surface area contributed by atoms with Gasteiger partial charge in [0.15, 0.2) is 0 Å². The number of benzene rings is 2. The van der Waals surface area contributed by atoms with E-state index in [2.05, 4.69) is 5.32 Å². The van der Waals surface area contributed by atoms with Crippen LogP contribution in [0.5, 0.6) is 11.5 Å². The van der Waals surface area contributed by atoms with E-state index in [4.69, 9.17) is 9.47 Å². The molecule has 26 heavy (non-hydrogen) atoms. The zero-order valence-corrected chi connectivity index (χ0v) is 14.8. The second-order valence-corrected chi connectivity index (χ2v) is 5.46. The molecule has 0 bridgehead atoms. The van der Waals surface area contributed by atoms with E-state index in [1.54, 1.807) is 18.2 Å². The van der Waals surface area contributed by atoms with Crippen LogP contribution in [0, 0.1) is 0 Å². The highest BCUT2D eigenvalue weighted by molar-refractivity contribution is 6.39. The SMILES string of the molecule is COc1ccc(NC(=O)C(=O)N(CCO)Cc2ccccc2)c(OC)c1. The zero-order chi connectivity index (χ0) is 18.9. The summed E-state index contributed by atoms with van der Waals surface area (Å²) < 4.78 is 10.3. The van der Waals surface area contributed by atoms with Gasteiger partial charge in [0.05, 0.1) is 26.5 Å². The van der Waals surface area contributed by atoms with E-state index < -0.39 is 11.8 Å². The number of carbonyl (C=O) groups is 2. The van der Waals surface area contributed by atoms with E-state index in [1.165, 1.54) is 19.1 Å². The average molecular weight is 358 g/mol. The molecule has 0 aliphatic heterocycles. The Morgan fingerprint density at radius 1 is 1.08 bits per heavy atom. The van der Waals surface area contributed by atoms with Crippen LogP contribution in [-0.4, -0.2) is 49.2 Å². The summed E-state index contributed by atoms with van der Waals surface area (Å²) in [5.41, 5.74) is 1.22. The number of hydrogen-bond donors (Lipinski definition) is 2. The molecule has 0 aliphatic rings. The number of rotatable bonds is 7. The molecule has 0 saturated carbocycles. The Kier molecular flexibility index (Phi) is 6.99. The lowest BCUT2D eigenvalue weighted by Crippen LogP contribution is -2.40. The summed E-state index contributed by atoms with van der Waals surface area (Å²) in [4.78, 5) is 26.2. The predicted octanol–water partition coefficient (Wildman–Crippen LogP) is 1.66. The molecule has 0 atom stereocenters. The molecule has 0 heterocycles. The predicted molar refractivity (Wildman–Crippen MR) is 97.1 cm³/mol. The van der Waals surface area contributed by atoms with Crippen molar-refractivity contribution in [2.75, 3.05) is 32.7 Å². The minimum Gasteiger partial charge on any atom is -0.497 e. The van der Waals surface area contributed by atoms with Gasteiger partial charge in [0.1, 0.15) is 11.5 Å². The van der Waals surface area contributed by atoms with Crippen molar-refractivity contribution in [3.05, 3.63) is 54.1 Å². The van der Waals surface area contributed by atoms with Crippen molar-refractivity contribution < 1.29 is 24.2 Å². The van der Waals surface area contributed by atoms with Gasteiger partial charge in [-0.15, -0.1) is 0 Å². The first-order valence-corrected chi connectivity index (χ1v) is 8.06. The zero-order valence-electron chi connectivity index (χ0n) is 14.8. The number of aliphatic hydroxyl groups excluding tert-OH is 1. The molecule has 7 nitrogen and oxygen atoms in total. The van der Waals surface area contributed by atoms with Crippen LogP contribution in [-0.2, 0) is 16.1 Å². The third-order valence-corrected chi connectivity index (χ3v) is 3.72. The Morgan fingerprint density at radius 3 is 2.42 bits per heavy atom. The third kappa shape index (κ3) is 4.97. The normalized spacial score (nSPS) is 10.1. The maximum Gasteiger partial charge on any atom is 0.314 e. The average Bonchev–Trinajstić information content (AvgIpc) is 2.68. The van der Waals surface area contributed by atoms with Crippen molar-refractivity contribution >= 4 is 17.5 Å². The van der Waals surface area contributed by atoms with Gasteiger partial charge >= 0.3 is 11.8 Å². The highest BCUT2D eigenvalue weighted by atomic mass is 16.5. The number of methoxy groups -OCH3 is 2. The van der Waals surface area contributed by atoms with Crippen LogP contribution in [0.2, 0.25) is 0 Å². The van der Waals surface area contributed by atoms with Crippen molar-refractivity contribution in [3.8, 4) is 11.5 Å². The topological polar surface area (TPSA) is 88.1 Å². The highest BCUT2D eigenvalue weighted by Crippen LogP contribution is 2.29. The number of ether oxygens (including phenoxy) is 2. The number of amides is 2. The summed E-state index contributed by atoms with van der Waals surface area (Å²) in [5.74, 6) is -0.599. The molecule has 0 fully saturated rings. The standard InChI is InChI=1S/C19H22N2O5/c1-25-15-8-9-16(17(12-15)26-2)20-18(23)19(24)21(10-11-22)13-14-6-4-3-5-7-14/h3-9,12,22H,10-11,13H2,1-2H3,(H,20,23). The molecular formula is C19H22N2O5. The number of hydrogen-bond acceptors (Lipinski definition) is 5. The first kappa shape index (κ1) is 19.3. The van der Waals surface area contributed by atoms with Gasteiger partial charge in [0, 0.05) is 19.2 Å². The number of nitrogens with zero attached hydrogens (tertiary/aromatic N) is 1. The molecule has 2 amide bonds. The number of carbonyl (C=O) groups excluding carboxylic acids is 2. The molecule has 0 saturated heterocycles. The van der Waals surface area contributed by atoms with Gasteiger partial charge in [-0.05, 0) is 17.7 Å². The molecular weight excluding hydrogens is 336 g/mol. The largest absolute Gasteiger partial charge is 0.497 e. The number of aliphatic hydroxyl groups is 1. The quantitative estimate of drug-likeness (QED) is 0.735. The molecule has 0 radical (unpaired) electrons. The van der Waals surface area contributed by atoms with Crippen LogP contribution in [0.4, 0.5) is 5.69 Å². The second kappa shape index (κ2) is 9.43. The highest BCUT2D eigenvalue weighted by Gasteiger charge is 2.23. The minimum atomic E-state index is -0.808. The second-order valence-electron chi connectivity index (χ2n) is 5.46. The van der Waals surface area contributed by atoms with E-state index in [1.807, 2.05) is 30.3 Å². The van der Waals surface area contributed by atoms with Gasteiger partial charge in [0.25, 0.3) is 0 Å². The van der Waals surface area contributed by atoms with Gasteiger partial charge in [-0.2, -0.15) is 0 Å². The number of nitrogens with one attached hydrogen (secondary N) is 1. The van der Waals surface area contributed by atoms with Gasteiger partial charge in [-0.3, -0.25) is 9.59 Å². The Morgan fingerprint density at radius 2 is 1.81 bits per heavy atom. The Bertz CT molecular complexity index is 749. The van der Waals surface area contributed by atoms with E-state index >= 15 is 0 Å². The fourth-order valence-electron chi connectivity index (χ4n) is 2.40. The summed E-state index contributed by atoms with van der Waals surface area (Å²) in [7, 11) is 2.98. The molecule has 7 heteroatoms. The summed E-state index contributed by atoms with van der Waals surface area (Å²) in [6.07, 6.45) is 0. The lowest BCUT2D eigenvalue weighted by Gasteiger charge is -2.21. The fourth-order valence-corrected chi connectivity index (χ4v) is 2.40. The maximum atomic E-state index is 12.5. The van der Waals surface area contributed by atoms with E-state index in [-0.39, 0.29) is 19.7 Å². The van der Waals surface area contributed by atoms with Crippen LogP contribution in [0.25, 0.3) is 0 Å². The van der Waals surface area contributed by atoms with Crippen LogP contribution in [0.3, 0.4) is 0 Å². The summed E-state index contributed by atoms with van der Waals surface area (Å²) in [5, 5.41) is 11.8. The smallest absolute Gasteiger partial charge is 0.314 e. The van der Waals surface area contributed by atoms with Crippen molar-refractivity contribution in [1.29, 1.82) is 0 Å². The molecule has 2 rings (SSSR count). The number of anilines is 1. The van der Waals surface area contributed by atoms with Crippen molar-refractivity contribution in [3.63, 3.8) is 0 Å². The minimum absolute atomic E-state index is 0.0564. The van der Waals surface area contributed by atoms with Crippen molar-refractivity contribution in [2.24, 2.45) is 0 Å². The van der Waals surface area contributed by atoms with Gasteiger partial charge in [0.2, 0.25) is 0 Å². The molecule has 2 aromatic carbocycles. The van der Waals surface area contributed by atoms with Crippen LogP contribution >= 0.6 is 0 Å². The first-order valence-electron chi connectivity index (χ1n) is 8.06. The molecule has 0 unspecified atom stereocenters. The Hall–Kier alpha value is -3.06. The van der Waals surface area contributed by atoms with Gasteiger partial charge in [-0.1, -0.05) is 30.3 Å². The molecule has 0 aliphatic carbocycles. The summed E-state index contributed by atoms with van der Waals surface area (Å²) >= 11 is 0. The van der Waals surface area contributed by atoms with Crippen LogP contribution < -0.4 is 14.8 Å². The van der Waals surface area contributed by atoms with Gasteiger partial charge in [-0.25, -0.2) is 0 Å². The fraction of sp³-hybridized carbons (Fsp3) is 0.263. The molecule has 0 aromatic heterocycles. The maximum absolute atomic E-state index is 12.5. The first-order chi connectivity index (χ1) is 12.6. The summed E-state index contributed by atoms with van der Waals surface area (Å²) in [6.45, 7) is 0.0476. The lowest BCUT2D eigenvalue weighted by molar-refractivity contribution is -0.143. The molecule has 2 aromatic rings. The van der Waals surface area contributed by atoms with Crippen molar-refractivity contribution in [1.82, 2.24) is 4.90 Å². The third-order valence-electron chi connectivity index (χ3n) is 3.72. The Labute approximate surface area is 152 Å². The molecule has 138 valence electrons.